The summed E-state index contributed by atoms with van der Waals surface area (Å²) in [6.07, 6.45) is 1.97. The Hall–Kier alpha value is -1.30. The van der Waals surface area contributed by atoms with E-state index in [1.54, 1.807) is 0 Å². The van der Waals surface area contributed by atoms with E-state index in [1.165, 1.54) is 6.07 Å². The molecule has 0 amide bonds. The molecule has 1 aromatic rings. The van der Waals surface area contributed by atoms with Crippen molar-refractivity contribution in [2.24, 2.45) is 5.41 Å². The third-order valence-electron chi connectivity index (χ3n) is 4.67. The molecule has 1 saturated heterocycles. The number of nitrogens with one attached hydrogen (secondary N) is 1. The van der Waals surface area contributed by atoms with Gasteiger partial charge in [0.1, 0.15) is 6.10 Å². The molecule has 3 rings (SSSR count). The number of hydrogen-bond acceptors (Lipinski definition) is 3. The van der Waals surface area contributed by atoms with Gasteiger partial charge in [-0.05, 0) is 56.7 Å². The second-order valence-corrected chi connectivity index (χ2v) is 6.12. The third-order valence-corrected chi connectivity index (χ3v) is 4.67. The van der Waals surface area contributed by atoms with Crippen molar-refractivity contribution < 1.29 is 17.9 Å². The van der Waals surface area contributed by atoms with Crippen LogP contribution in [0.15, 0.2) is 18.3 Å². The Morgan fingerprint density at radius 3 is 2.57 bits per heavy atom. The van der Waals surface area contributed by atoms with Crippen molar-refractivity contribution in [1.82, 2.24) is 10.3 Å². The van der Waals surface area contributed by atoms with Crippen molar-refractivity contribution in [3.8, 4) is 5.88 Å². The Bertz CT molecular complexity index is 481. The maximum Gasteiger partial charge on any atom is 0.417 e. The number of nitrogens with zero attached hydrogens (tertiary/aromatic N) is 1. The lowest BCUT2D eigenvalue weighted by atomic mass is 9.77. The molecule has 1 aromatic heterocycles. The number of halogens is 3. The van der Waals surface area contributed by atoms with Crippen LogP contribution in [0.2, 0.25) is 0 Å². The van der Waals surface area contributed by atoms with Crippen LogP contribution in [0.3, 0.4) is 0 Å². The quantitative estimate of drug-likeness (QED) is 0.909. The first-order valence-corrected chi connectivity index (χ1v) is 7.38. The fourth-order valence-corrected chi connectivity index (χ4v) is 3.45. The number of rotatable bonds is 2. The number of pyridine rings is 1. The van der Waals surface area contributed by atoms with Gasteiger partial charge in [0.2, 0.25) is 5.88 Å². The van der Waals surface area contributed by atoms with Gasteiger partial charge in [0.15, 0.2) is 0 Å². The third kappa shape index (κ3) is 3.31. The maximum atomic E-state index is 12.5. The maximum absolute atomic E-state index is 12.5. The molecule has 1 unspecified atom stereocenters. The summed E-state index contributed by atoms with van der Waals surface area (Å²) in [5.41, 5.74) is -0.377. The highest BCUT2D eigenvalue weighted by atomic mass is 19.4. The Morgan fingerprint density at radius 1 is 1.19 bits per heavy atom. The minimum absolute atomic E-state index is 0.0762. The fourth-order valence-electron chi connectivity index (χ4n) is 3.45. The molecular formula is C15H19F3N2O. The Morgan fingerprint density at radius 2 is 1.95 bits per heavy atom. The van der Waals surface area contributed by atoms with Crippen molar-refractivity contribution in [3.63, 3.8) is 0 Å². The molecule has 2 fully saturated rings. The van der Waals surface area contributed by atoms with E-state index in [0.717, 1.165) is 57.5 Å². The zero-order valence-electron chi connectivity index (χ0n) is 11.7. The molecular weight excluding hydrogens is 281 g/mol. The zero-order valence-corrected chi connectivity index (χ0v) is 11.7. The van der Waals surface area contributed by atoms with Crippen molar-refractivity contribution in [3.05, 3.63) is 23.9 Å². The van der Waals surface area contributed by atoms with Crippen LogP contribution in [-0.4, -0.2) is 24.2 Å². The molecule has 1 saturated carbocycles. The SMILES string of the molecule is FC(F)(F)c1ccc(OC2CCC3(CCNCC3)C2)nc1. The van der Waals surface area contributed by atoms with Gasteiger partial charge >= 0.3 is 6.18 Å². The molecule has 0 bridgehead atoms. The summed E-state index contributed by atoms with van der Waals surface area (Å²) in [6, 6.07) is 2.34. The second kappa shape index (κ2) is 5.48. The van der Waals surface area contributed by atoms with Crippen molar-refractivity contribution in [2.45, 2.75) is 44.4 Å². The van der Waals surface area contributed by atoms with Crippen LogP contribution >= 0.6 is 0 Å². The van der Waals surface area contributed by atoms with Crippen molar-refractivity contribution >= 4 is 0 Å². The normalized spacial score (nSPS) is 25.2. The molecule has 21 heavy (non-hydrogen) atoms. The van der Waals surface area contributed by atoms with Crippen LogP contribution in [-0.2, 0) is 6.18 Å². The predicted molar refractivity (Wildman–Crippen MR) is 72.0 cm³/mol. The molecule has 2 heterocycles. The van der Waals surface area contributed by atoms with E-state index in [4.69, 9.17) is 4.74 Å². The number of aromatic nitrogens is 1. The van der Waals surface area contributed by atoms with Gasteiger partial charge in [-0.2, -0.15) is 13.2 Å². The molecule has 2 aliphatic rings. The lowest BCUT2D eigenvalue weighted by Gasteiger charge is -2.33. The topological polar surface area (TPSA) is 34.1 Å². The van der Waals surface area contributed by atoms with Gasteiger partial charge in [-0.25, -0.2) is 4.98 Å². The summed E-state index contributed by atoms with van der Waals surface area (Å²) in [7, 11) is 0. The molecule has 1 spiro atoms. The molecule has 1 aliphatic carbocycles. The number of ether oxygens (including phenoxy) is 1. The van der Waals surface area contributed by atoms with E-state index in [1.807, 2.05) is 0 Å². The van der Waals surface area contributed by atoms with Crippen LogP contribution in [0.25, 0.3) is 0 Å². The van der Waals surface area contributed by atoms with Gasteiger partial charge < -0.3 is 10.1 Å². The number of piperidine rings is 1. The Labute approximate surface area is 121 Å². The van der Waals surface area contributed by atoms with E-state index in [0.29, 0.717) is 11.3 Å². The van der Waals surface area contributed by atoms with Gasteiger partial charge in [-0.3, -0.25) is 0 Å². The minimum atomic E-state index is -4.35. The first-order chi connectivity index (χ1) is 9.97. The van der Waals surface area contributed by atoms with Crippen LogP contribution in [0.1, 0.15) is 37.7 Å². The van der Waals surface area contributed by atoms with Crippen molar-refractivity contribution in [2.75, 3.05) is 13.1 Å². The van der Waals surface area contributed by atoms with E-state index < -0.39 is 11.7 Å². The second-order valence-electron chi connectivity index (χ2n) is 6.12. The smallest absolute Gasteiger partial charge is 0.417 e. The van der Waals surface area contributed by atoms with Gasteiger partial charge in [-0.15, -0.1) is 0 Å². The van der Waals surface area contributed by atoms with E-state index in [2.05, 4.69) is 10.3 Å². The monoisotopic (exact) mass is 300 g/mol. The van der Waals surface area contributed by atoms with Crippen LogP contribution in [0, 0.1) is 5.41 Å². The average Bonchev–Trinajstić information content (AvgIpc) is 2.82. The zero-order chi connectivity index (χ0) is 14.9. The summed E-state index contributed by atoms with van der Waals surface area (Å²) in [6.45, 7) is 2.09. The molecule has 6 heteroatoms. The van der Waals surface area contributed by atoms with Crippen molar-refractivity contribution in [1.29, 1.82) is 0 Å². The summed E-state index contributed by atoms with van der Waals surface area (Å²) >= 11 is 0. The first-order valence-electron chi connectivity index (χ1n) is 7.38. The minimum Gasteiger partial charge on any atom is -0.474 e. The summed E-state index contributed by atoms with van der Waals surface area (Å²) in [4.78, 5) is 3.79. The van der Waals surface area contributed by atoms with Gasteiger partial charge in [0.25, 0.3) is 0 Å². The standard InChI is InChI=1S/C15H19F3N2O/c16-15(17,18)11-1-2-13(20-10-11)21-12-3-4-14(9-12)5-7-19-8-6-14/h1-2,10,12,19H,3-9H2. The summed E-state index contributed by atoms with van der Waals surface area (Å²) < 4.78 is 43.2. The predicted octanol–water partition coefficient (Wildman–Crippen LogP) is 3.40. The van der Waals surface area contributed by atoms with E-state index in [-0.39, 0.29) is 6.10 Å². The average molecular weight is 300 g/mol. The van der Waals surface area contributed by atoms with E-state index in [9.17, 15) is 13.2 Å². The molecule has 1 aliphatic heterocycles. The molecule has 1 N–H and O–H groups in total. The highest BCUT2D eigenvalue weighted by Gasteiger charge is 2.41. The summed E-state index contributed by atoms with van der Waals surface area (Å²) in [5, 5.41) is 3.36. The molecule has 0 aromatic carbocycles. The van der Waals surface area contributed by atoms with Crippen LogP contribution in [0.4, 0.5) is 13.2 Å². The Kier molecular flexibility index (Phi) is 3.82. The number of alkyl halides is 3. The van der Waals surface area contributed by atoms with Gasteiger partial charge in [0.05, 0.1) is 5.56 Å². The van der Waals surface area contributed by atoms with Gasteiger partial charge in [-0.1, -0.05) is 0 Å². The number of hydrogen-bond donors (Lipinski definition) is 1. The first kappa shape index (κ1) is 14.6. The molecule has 0 radical (unpaired) electrons. The molecule has 116 valence electrons. The summed E-state index contributed by atoms with van der Waals surface area (Å²) in [5.74, 6) is 0.291. The van der Waals surface area contributed by atoms with Crippen LogP contribution < -0.4 is 10.1 Å². The van der Waals surface area contributed by atoms with E-state index >= 15 is 0 Å². The highest BCUT2D eigenvalue weighted by molar-refractivity contribution is 5.20. The highest BCUT2D eigenvalue weighted by Crippen LogP contribution is 2.46. The largest absolute Gasteiger partial charge is 0.474 e. The lowest BCUT2D eigenvalue weighted by Crippen LogP contribution is -2.35. The molecule has 3 nitrogen and oxygen atoms in total. The Balaban J connectivity index is 1.60. The fraction of sp³-hybridized carbons (Fsp3) is 0.667. The lowest BCUT2D eigenvalue weighted by molar-refractivity contribution is -0.137. The van der Waals surface area contributed by atoms with Gasteiger partial charge in [0, 0.05) is 12.3 Å². The molecule has 1 atom stereocenters. The van der Waals surface area contributed by atoms with Crippen LogP contribution in [0.5, 0.6) is 5.88 Å².